The minimum atomic E-state index is -0.385. The molecule has 0 saturated carbocycles. The first kappa shape index (κ1) is 19.3. The number of hydrogen-bond donors (Lipinski definition) is 1. The average Bonchev–Trinajstić information content (AvgIpc) is 3.03. The molecular weight excluding hydrogens is 382 g/mol. The molecule has 0 radical (unpaired) electrons. The van der Waals surface area contributed by atoms with Gasteiger partial charge < -0.3 is 15.0 Å². The number of hydrogen-bond acceptors (Lipinski definition) is 6. The number of fused-ring (bicyclic) bond motifs is 1. The summed E-state index contributed by atoms with van der Waals surface area (Å²) < 4.78 is 4.78. The van der Waals surface area contributed by atoms with Gasteiger partial charge in [0.05, 0.1) is 24.8 Å². The van der Waals surface area contributed by atoms with E-state index in [0.717, 1.165) is 21.1 Å². The Labute approximate surface area is 166 Å². The normalized spacial score (nSPS) is 12.9. The second-order valence-electron chi connectivity index (χ2n) is 5.84. The quantitative estimate of drug-likeness (QED) is 0.780. The fourth-order valence-corrected chi connectivity index (χ4v) is 5.01. The number of ether oxygens (including phenoxy) is 1. The summed E-state index contributed by atoms with van der Waals surface area (Å²) in [6, 6.07) is 9.65. The molecule has 0 bridgehead atoms. The standard InChI is InChI=1S/C19H19N3O3S2/c1-3-26-15-7-5-4-6-13(15)17(23)21-18-14(10-20)12-8-9-22(19(24)25-2)11-16(12)27-18/h4-7H,3,8-9,11H2,1-2H3,(H,21,23). The van der Waals surface area contributed by atoms with E-state index in [-0.39, 0.29) is 12.0 Å². The second-order valence-corrected chi connectivity index (χ2v) is 8.26. The molecule has 0 saturated heterocycles. The number of methoxy groups -OCH3 is 1. The zero-order chi connectivity index (χ0) is 19.4. The van der Waals surface area contributed by atoms with Crippen LogP contribution in [0.5, 0.6) is 0 Å². The van der Waals surface area contributed by atoms with Gasteiger partial charge in [-0.2, -0.15) is 5.26 Å². The Hall–Kier alpha value is -2.50. The highest BCUT2D eigenvalue weighted by molar-refractivity contribution is 7.99. The minimum Gasteiger partial charge on any atom is -0.453 e. The predicted molar refractivity (Wildman–Crippen MR) is 106 cm³/mol. The number of amides is 2. The molecule has 1 aromatic carbocycles. The van der Waals surface area contributed by atoms with Gasteiger partial charge >= 0.3 is 6.09 Å². The molecule has 1 aliphatic heterocycles. The number of nitrogens with one attached hydrogen (secondary N) is 1. The van der Waals surface area contributed by atoms with E-state index in [1.54, 1.807) is 22.7 Å². The summed E-state index contributed by atoms with van der Waals surface area (Å²) in [6.07, 6.45) is 0.186. The van der Waals surface area contributed by atoms with Gasteiger partial charge in [0.25, 0.3) is 5.91 Å². The van der Waals surface area contributed by atoms with Crippen LogP contribution in [0.3, 0.4) is 0 Å². The monoisotopic (exact) mass is 401 g/mol. The summed E-state index contributed by atoms with van der Waals surface area (Å²) in [5, 5.41) is 13.0. The lowest BCUT2D eigenvalue weighted by molar-refractivity contribution is 0.102. The topological polar surface area (TPSA) is 82.4 Å². The number of rotatable bonds is 4. The third kappa shape index (κ3) is 3.94. The van der Waals surface area contributed by atoms with Crippen molar-refractivity contribution in [3.8, 4) is 6.07 Å². The fourth-order valence-electron chi connectivity index (χ4n) is 3.00. The van der Waals surface area contributed by atoms with Crippen LogP contribution >= 0.6 is 23.1 Å². The zero-order valence-corrected chi connectivity index (χ0v) is 16.7. The molecule has 0 atom stereocenters. The Morgan fingerprint density at radius 2 is 2.19 bits per heavy atom. The van der Waals surface area contributed by atoms with Crippen LogP contribution in [0.15, 0.2) is 29.2 Å². The van der Waals surface area contributed by atoms with Gasteiger partial charge in [0.15, 0.2) is 0 Å². The smallest absolute Gasteiger partial charge is 0.409 e. The van der Waals surface area contributed by atoms with E-state index in [2.05, 4.69) is 11.4 Å². The molecule has 27 heavy (non-hydrogen) atoms. The Bertz CT molecular complexity index is 917. The van der Waals surface area contributed by atoms with Crippen LogP contribution in [0, 0.1) is 11.3 Å². The van der Waals surface area contributed by atoms with E-state index >= 15 is 0 Å². The SMILES string of the molecule is CCSc1ccccc1C(=O)Nc1sc2c(c1C#N)CCN(C(=O)OC)C2. The molecule has 1 aromatic heterocycles. The summed E-state index contributed by atoms with van der Waals surface area (Å²) in [4.78, 5) is 28.0. The summed E-state index contributed by atoms with van der Waals surface area (Å²) in [6.45, 7) is 2.92. The summed E-state index contributed by atoms with van der Waals surface area (Å²) in [5.74, 6) is 0.635. The van der Waals surface area contributed by atoms with Crippen LogP contribution in [0.2, 0.25) is 0 Å². The maximum absolute atomic E-state index is 12.8. The molecule has 6 nitrogen and oxygen atoms in total. The highest BCUT2D eigenvalue weighted by atomic mass is 32.2. The van der Waals surface area contributed by atoms with E-state index in [9.17, 15) is 14.9 Å². The first-order valence-electron chi connectivity index (χ1n) is 8.49. The predicted octanol–water partition coefficient (Wildman–Crippen LogP) is 4.11. The highest BCUT2D eigenvalue weighted by Gasteiger charge is 2.28. The molecule has 1 aliphatic rings. The van der Waals surface area contributed by atoms with Crippen LogP contribution in [-0.4, -0.2) is 36.3 Å². The number of thioether (sulfide) groups is 1. The van der Waals surface area contributed by atoms with Crippen molar-refractivity contribution in [2.45, 2.75) is 24.8 Å². The number of carbonyl (C=O) groups is 2. The molecule has 2 heterocycles. The van der Waals surface area contributed by atoms with E-state index in [0.29, 0.717) is 35.6 Å². The van der Waals surface area contributed by atoms with Crippen molar-refractivity contribution in [3.05, 3.63) is 45.8 Å². The summed E-state index contributed by atoms with van der Waals surface area (Å²) in [5.41, 5.74) is 2.00. The first-order valence-corrected chi connectivity index (χ1v) is 10.3. The molecule has 0 spiro atoms. The lowest BCUT2D eigenvalue weighted by Gasteiger charge is -2.25. The Kier molecular flexibility index (Phi) is 6.04. The molecule has 0 unspecified atom stereocenters. The molecule has 2 amide bonds. The summed E-state index contributed by atoms with van der Waals surface area (Å²) in [7, 11) is 1.35. The van der Waals surface area contributed by atoms with E-state index in [1.807, 2.05) is 25.1 Å². The molecule has 2 aromatic rings. The van der Waals surface area contributed by atoms with Gasteiger partial charge in [0.2, 0.25) is 0 Å². The molecule has 1 N–H and O–H groups in total. The van der Waals surface area contributed by atoms with Crippen molar-refractivity contribution in [2.24, 2.45) is 0 Å². The van der Waals surface area contributed by atoms with Gasteiger partial charge in [0, 0.05) is 16.3 Å². The Morgan fingerprint density at radius 3 is 2.89 bits per heavy atom. The zero-order valence-electron chi connectivity index (χ0n) is 15.1. The maximum Gasteiger partial charge on any atom is 0.409 e. The first-order chi connectivity index (χ1) is 13.1. The Morgan fingerprint density at radius 1 is 1.41 bits per heavy atom. The van der Waals surface area contributed by atoms with Gasteiger partial charge in [-0.1, -0.05) is 19.1 Å². The fraction of sp³-hybridized carbons (Fsp3) is 0.316. The number of thiophene rings is 1. The van der Waals surface area contributed by atoms with Crippen molar-refractivity contribution in [1.29, 1.82) is 5.26 Å². The van der Waals surface area contributed by atoms with Crippen molar-refractivity contribution >= 4 is 40.1 Å². The molecular formula is C19H19N3O3S2. The molecule has 0 aliphatic carbocycles. The largest absolute Gasteiger partial charge is 0.453 e. The number of benzene rings is 1. The van der Waals surface area contributed by atoms with Gasteiger partial charge in [0.1, 0.15) is 11.1 Å². The van der Waals surface area contributed by atoms with Gasteiger partial charge in [-0.15, -0.1) is 23.1 Å². The van der Waals surface area contributed by atoms with Crippen molar-refractivity contribution < 1.29 is 14.3 Å². The molecule has 0 fully saturated rings. The van der Waals surface area contributed by atoms with E-state index in [4.69, 9.17) is 4.74 Å². The van der Waals surface area contributed by atoms with Crippen molar-refractivity contribution in [1.82, 2.24) is 4.90 Å². The van der Waals surface area contributed by atoms with Crippen LogP contribution in [0.4, 0.5) is 9.80 Å². The van der Waals surface area contributed by atoms with Crippen molar-refractivity contribution in [2.75, 3.05) is 24.7 Å². The third-order valence-electron chi connectivity index (χ3n) is 4.26. The average molecular weight is 402 g/mol. The minimum absolute atomic E-state index is 0.230. The highest BCUT2D eigenvalue weighted by Crippen LogP contribution is 2.37. The number of nitrogens with zero attached hydrogens (tertiary/aromatic N) is 2. The van der Waals surface area contributed by atoms with Crippen LogP contribution < -0.4 is 5.32 Å². The van der Waals surface area contributed by atoms with Gasteiger partial charge in [-0.05, 0) is 29.9 Å². The van der Waals surface area contributed by atoms with Gasteiger partial charge in [-0.3, -0.25) is 4.79 Å². The van der Waals surface area contributed by atoms with Crippen molar-refractivity contribution in [3.63, 3.8) is 0 Å². The number of nitriles is 1. The second kappa shape index (κ2) is 8.46. The number of anilines is 1. The van der Waals surface area contributed by atoms with Crippen LogP contribution in [0.1, 0.15) is 33.3 Å². The molecule has 3 rings (SSSR count). The molecule has 8 heteroatoms. The molecule has 140 valence electrons. The third-order valence-corrected chi connectivity index (χ3v) is 6.35. The lowest BCUT2D eigenvalue weighted by atomic mass is 10.0. The number of carbonyl (C=O) groups excluding carboxylic acids is 2. The van der Waals surface area contributed by atoms with E-state index in [1.165, 1.54) is 18.4 Å². The lowest BCUT2D eigenvalue weighted by Crippen LogP contribution is -2.35. The summed E-state index contributed by atoms with van der Waals surface area (Å²) >= 11 is 2.95. The Balaban J connectivity index is 1.87. The van der Waals surface area contributed by atoms with Gasteiger partial charge in [-0.25, -0.2) is 4.79 Å². The van der Waals surface area contributed by atoms with Crippen LogP contribution in [0.25, 0.3) is 0 Å². The van der Waals surface area contributed by atoms with E-state index < -0.39 is 0 Å². The maximum atomic E-state index is 12.8. The van der Waals surface area contributed by atoms with Crippen LogP contribution in [-0.2, 0) is 17.7 Å².